The highest BCUT2D eigenvalue weighted by molar-refractivity contribution is 7.21. The zero-order valence-electron chi connectivity index (χ0n) is 28.4. The van der Waals surface area contributed by atoms with Gasteiger partial charge in [0.2, 0.25) is 5.91 Å². The van der Waals surface area contributed by atoms with Crippen molar-refractivity contribution in [3.63, 3.8) is 0 Å². The van der Waals surface area contributed by atoms with Crippen LogP contribution in [-0.2, 0) is 27.9 Å². The van der Waals surface area contributed by atoms with E-state index in [4.69, 9.17) is 14.2 Å². The number of benzene rings is 2. The number of fused-ring (bicyclic) bond motifs is 1. The number of carbonyl (C=O) groups excluding carboxylic acids is 1. The highest BCUT2D eigenvalue weighted by atomic mass is 35.5. The van der Waals surface area contributed by atoms with Crippen LogP contribution in [0.1, 0.15) is 58.8 Å². The highest BCUT2D eigenvalue weighted by Crippen LogP contribution is 2.46. The van der Waals surface area contributed by atoms with Gasteiger partial charge in [-0.2, -0.15) is 0 Å². The second kappa shape index (κ2) is 17.3. The van der Waals surface area contributed by atoms with Gasteiger partial charge < -0.3 is 34.1 Å². The van der Waals surface area contributed by atoms with Gasteiger partial charge in [-0.1, -0.05) is 19.3 Å². The van der Waals surface area contributed by atoms with Gasteiger partial charge in [0.25, 0.3) is 0 Å². The van der Waals surface area contributed by atoms with Crippen LogP contribution in [0, 0.1) is 0 Å². The highest BCUT2D eigenvalue weighted by Gasteiger charge is 2.28. The molecule has 270 valence electrons. The summed E-state index contributed by atoms with van der Waals surface area (Å²) in [5, 5.41) is 12.8. The zero-order valence-corrected chi connectivity index (χ0v) is 30.8. The van der Waals surface area contributed by atoms with Gasteiger partial charge in [-0.15, -0.1) is 36.2 Å². The number of halogens is 2. The number of nitrogens with zero attached hydrogens (tertiary/aromatic N) is 3. The van der Waals surface area contributed by atoms with Crippen LogP contribution in [0.4, 0.5) is 11.4 Å². The van der Waals surface area contributed by atoms with Gasteiger partial charge in [-0.05, 0) is 78.4 Å². The number of carboxylic acids is 1. The van der Waals surface area contributed by atoms with Gasteiger partial charge in [0.15, 0.2) is 0 Å². The monoisotopic (exact) mass is 744 g/mol. The number of carbonyl (C=O) groups is 2. The molecule has 0 unspecified atom stereocenters. The number of hydrogen-bond acceptors (Lipinski definition) is 8. The first-order valence-corrected chi connectivity index (χ1v) is 17.9. The van der Waals surface area contributed by atoms with Crippen molar-refractivity contribution in [2.75, 3.05) is 69.4 Å². The summed E-state index contributed by atoms with van der Waals surface area (Å²) in [6, 6.07) is 16.1. The van der Waals surface area contributed by atoms with Crippen molar-refractivity contribution >= 4 is 69.6 Å². The Morgan fingerprint density at radius 3 is 2.28 bits per heavy atom. The first-order chi connectivity index (χ1) is 23.4. The summed E-state index contributed by atoms with van der Waals surface area (Å²) in [6.45, 7) is 6.49. The standard InChI is InChI=1S/C37H44N4O6S.2ClH/c1-39-31-22-32(37(43)44)48-36(31)34(25-5-3-2-4-6-25)35(39)26-7-10-29(11-8-26)47-24-27-21-28(9-12-30(27)41-15-19-46-20-16-41)38-33(42)23-40-13-17-45-18-14-40;;/h7-12,21-22,25H,2-6,13-20,23-24H2,1H3,(H,38,42)(H,43,44);2*1H. The predicted octanol–water partition coefficient (Wildman–Crippen LogP) is 7.18. The molecular formula is C37H46Cl2N4O6S. The number of aromatic nitrogens is 1. The Kier molecular flexibility index (Phi) is 13.1. The van der Waals surface area contributed by atoms with Crippen LogP contribution in [0.15, 0.2) is 48.5 Å². The van der Waals surface area contributed by atoms with E-state index in [2.05, 4.69) is 37.9 Å². The number of hydrogen-bond donors (Lipinski definition) is 2. The van der Waals surface area contributed by atoms with Crippen LogP contribution < -0.4 is 15.0 Å². The largest absolute Gasteiger partial charge is 0.489 e. The predicted molar refractivity (Wildman–Crippen MR) is 203 cm³/mol. The number of rotatable bonds is 10. The maximum atomic E-state index is 12.9. The molecule has 10 nitrogen and oxygen atoms in total. The molecular weight excluding hydrogens is 699 g/mol. The average molecular weight is 746 g/mol. The third-order valence-electron chi connectivity index (χ3n) is 9.84. The molecule has 0 spiro atoms. The molecule has 0 bridgehead atoms. The van der Waals surface area contributed by atoms with Crippen LogP contribution >= 0.6 is 36.2 Å². The van der Waals surface area contributed by atoms with E-state index in [1.807, 2.05) is 37.4 Å². The van der Waals surface area contributed by atoms with Gasteiger partial charge in [0.05, 0.1) is 48.9 Å². The lowest BCUT2D eigenvalue weighted by atomic mass is 9.83. The van der Waals surface area contributed by atoms with Crippen LogP contribution in [0.5, 0.6) is 5.75 Å². The van der Waals surface area contributed by atoms with Crippen LogP contribution in [0.2, 0.25) is 0 Å². The summed E-state index contributed by atoms with van der Waals surface area (Å²) in [4.78, 5) is 29.5. The van der Waals surface area contributed by atoms with E-state index in [0.717, 1.165) is 77.5 Å². The van der Waals surface area contributed by atoms with E-state index in [-0.39, 0.29) is 30.7 Å². The Labute approximate surface area is 309 Å². The van der Waals surface area contributed by atoms with Crippen molar-refractivity contribution in [2.24, 2.45) is 7.05 Å². The molecule has 2 aromatic carbocycles. The van der Waals surface area contributed by atoms with E-state index >= 15 is 0 Å². The van der Waals surface area contributed by atoms with Crippen molar-refractivity contribution in [3.05, 3.63) is 64.5 Å². The lowest BCUT2D eigenvalue weighted by Gasteiger charge is -2.31. The topological polar surface area (TPSA) is 106 Å². The fourth-order valence-corrected chi connectivity index (χ4v) is 8.53. The number of carboxylic acid groups (broad SMARTS) is 1. The lowest BCUT2D eigenvalue weighted by Crippen LogP contribution is -2.41. The van der Waals surface area contributed by atoms with Crippen LogP contribution in [-0.4, -0.2) is 85.6 Å². The minimum Gasteiger partial charge on any atom is -0.489 e. The van der Waals surface area contributed by atoms with Crippen molar-refractivity contribution in [1.29, 1.82) is 0 Å². The first-order valence-electron chi connectivity index (χ1n) is 17.1. The zero-order chi connectivity index (χ0) is 33.0. The number of anilines is 2. The number of thiophene rings is 1. The third-order valence-corrected chi connectivity index (χ3v) is 11.0. The quantitative estimate of drug-likeness (QED) is 0.176. The summed E-state index contributed by atoms with van der Waals surface area (Å²) < 4.78 is 20.7. The van der Waals surface area contributed by atoms with Crippen molar-refractivity contribution in [1.82, 2.24) is 9.47 Å². The van der Waals surface area contributed by atoms with Gasteiger partial charge in [0.1, 0.15) is 17.2 Å². The van der Waals surface area contributed by atoms with E-state index in [9.17, 15) is 14.7 Å². The molecule has 1 saturated carbocycles. The molecule has 2 aromatic heterocycles. The SMILES string of the molecule is Cl.Cl.Cn1c(-c2ccc(OCc3cc(NC(=O)CN4CCOCC4)ccc3N3CCOCC3)cc2)c(C2CCCCC2)c2sc(C(=O)O)cc21. The lowest BCUT2D eigenvalue weighted by molar-refractivity contribution is -0.118. The molecule has 3 fully saturated rings. The van der Waals surface area contributed by atoms with Crippen LogP contribution in [0.3, 0.4) is 0 Å². The Morgan fingerprint density at radius 1 is 0.920 bits per heavy atom. The number of ether oxygens (including phenoxy) is 3. The summed E-state index contributed by atoms with van der Waals surface area (Å²) in [5.74, 6) is 0.281. The first kappa shape index (κ1) is 37.9. The molecule has 2 aliphatic heterocycles. The Bertz CT molecular complexity index is 1760. The van der Waals surface area contributed by atoms with Gasteiger partial charge in [-0.25, -0.2) is 4.79 Å². The van der Waals surface area contributed by atoms with Crippen molar-refractivity contribution in [2.45, 2.75) is 44.6 Å². The second-order valence-electron chi connectivity index (χ2n) is 13.0. The molecule has 4 heterocycles. The average Bonchev–Trinajstić information content (AvgIpc) is 3.67. The molecule has 7 rings (SSSR count). The fourth-order valence-electron chi connectivity index (χ4n) is 7.38. The number of aromatic carboxylic acids is 1. The fraction of sp³-hybridized carbons (Fsp3) is 0.459. The molecule has 2 saturated heterocycles. The summed E-state index contributed by atoms with van der Waals surface area (Å²) in [7, 11) is 2.05. The third kappa shape index (κ3) is 8.41. The van der Waals surface area contributed by atoms with E-state index in [1.165, 1.54) is 41.9 Å². The summed E-state index contributed by atoms with van der Waals surface area (Å²) in [5.41, 5.74) is 7.39. The Balaban J connectivity index is 0.00000243. The minimum atomic E-state index is -0.869. The van der Waals surface area contributed by atoms with Crippen molar-refractivity contribution in [3.8, 4) is 17.0 Å². The minimum absolute atomic E-state index is 0. The maximum Gasteiger partial charge on any atom is 0.345 e. The normalized spacial score (nSPS) is 17.2. The van der Waals surface area contributed by atoms with E-state index in [1.54, 1.807) is 0 Å². The van der Waals surface area contributed by atoms with E-state index in [0.29, 0.717) is 50.4 Å². The van der Waals surface area contributed by atoms with Crippen LogP contribution in [0.25, 0.3) is 21.5 Å². The molecule has 1 aliphatic carbocycles. The molecule has 50 heavy (non-hydrogen) atoms. The van der Waals surface area contributed by atoms with Crippen molar-refractivity contribution < 1.29 is 28.9 Å². The van der Waals surface area contributed by atoms with Gasteiger partial charge in [0, 0.05) is 50.2 Å². The van der Waals surface area contributed by atoms with E-state index < -0.39 is 5.97 Å². The maximum absolute atomic E-state index is 12.9. The molecule has 4 aromatic rings. The Morgan fingerprint density at radius 2 is 1.60 bits per heavy atom. The van der Waals surface area contributed by atoms with Gasteiger partial charge >= 0.3 is 5.97 Å². The molecule has 13 heteroatoms. The smallest absolute Gasteiger partial charge is 0.345 e. The number of morpholine rings is 2. The Hall–Kier alpha value is -3.32. The summed E-state index contributed by atoms with van der Waals surface area (Å²) >= 11 is 1.40. The number of amides is 1. The number of aryl methyl sites for hydroxylation is 1. The van der Waals surface area contributed by atoms with Gasteiger partial charge in [-0.3, -0.25) is 9.69 Å². The molecule has 1 amide bonds. The second-order valence-corrected chi connectivity index (χ2v) is 14.0. The number of nitrogens with one attached hydrogen (secondary N) is 1. The molecule has 2 N–H and O–H groups in total. The molecule has 0 atom stereocenters. The summed E-state index contributed by atoms with van der Waals surface area (Å²) in [6.07, 6.45) is 5.93. The molecule has 3 aliphatic rings. The molecule has 0 radical (unpaired) electrons.